The summed E-state index contributed by atoms with van der Waals surface area (Å²) >= 11 is 0. The molecule has 0 heterocycles. The van der Waals surface area contributed by atoms with Crippen molar-refractivity contribution in [2.45, 2.75) is 45.1 Å². The Balaban J connectivity index is 2.46. The van der Waals surface area contributed by atoms with E-state index in [2.05, 4.69) is 5.43 Å². The maximum atomic E-state index is 11.5. The van der Waals surface area contributed by atoms with Crippen LogP contribution >= 0.6 is 0 Å². The molecule has 4 heteroatoms. The first-order valence-electron chi connectivity index (χ1n) is 5.42. The number of hydrogen-bond donors (Lipinski definition) is 2. The molecule has 14 heavy (non-hydrogen) atoms. The minimum atomic E-state index is -0.310. The summed E-state index contributed by atoms with van der Waals surface area (Å²) in [4.78, 5) is 11.5. The van der Waals surface area contributed by atoms with Gasteiger partial charge < -0.3 is 4.74 Å². The molecule has 1 saturated carbocycles. The van der Waals surface area contributed by atoms with Crippen molar-refractivity contribution < 1.29 is 9.53 Å². The third kappa shape index (κ3) is 2.96. The van der Waals surface area contributed by atoms with E-state index < -0.39 is 0 Å². The lowest BCUT2D eigenvalue weighted by atomic mass is 9.84. The van der Waals surface area contributed by atoms with Gasteiger partial charge in [0.05, 0.1) is 6.61 Å². The fourth-order valence-electron chi connectivity index (χ4n) is 2.10. The fraction of sp³-hybridized carbons (Fsp3) is 0.900. The van der Waals surface area contributed by atoms with Crippen molar-refractivity contribution in [2.75, 3.05) is 6.61 Å². The van der Waals surface area contributed by atoms with Gasteiger partial charge in [0.2, 0.25) is 0 Å². The Bertz CT molecular complexity index is 179. The second kappa shape index (κ2) is 5.98. The highest BCUT2D eigenvalue weighted by atomic mass is 16.5. The van der Waals surface area contributed by atoms with Gasteiger partial charge in [0.25, 0.3) is 0 Å². The first kappa shape index (κ1) is 11.5. The molecule has 1 rings (SSSR count). The number of rotatable bonds is 4. The predicted molar refractivity (Wildman–Crippen MR) is 54.3 cm³/mol. The van der Waals surface area contributed by atoms with Crippen LogP contribution in [0.5, 0.6) is 0 Å². The third-order valence-electron chi connectivity index (χ3n) is 2.84. The molecule has 0 radical (unpaired) electrons. The van der Waals surface area contributed by atoms with Crippen molar-refractivity contribution in [3.8, 4) is 0 Å². The molecular weight excluding hydrogens is 180 g/mol. The summed E-state index contributed by atoms with van der Waals surface area (Å²) < 4.78 is 4.97. The van der Waals surface area contributed by atoms with E-state index in [0.717, 1.165) is 12.8 Å². The molecule has 1 unspecified atom stereocenters. The molecule has 1 aliphatic rings. The maximum absolute atomic E-state index is 11.5. The zero-order chi connectivity index (χ0) is 10.4. The van der Waals surface area contributed by atoms with Crippen LogP contribution in [0, 0.1) is 5.92 Å². The summed E-state index contributed by atoms with van der Waals surface area (Å²) in [5.41, 5.74) is 2.58. The van der Waals surface area contributed by atoms with Gasteiger partial charge in [-0.15, -0.1) is 0 Å². The Morgan fingerprint density at radius 1 is 1.50 bits per heavy atom. The summed E-state index contributed by atoms with van der Waals surface area (Å²) in [6.45, 7) is 2.23. The van der Waals surface area contributed by atoms with E-state index in [1.807, 2.05) is 6.92 Å². The van der Waals surface area contributed by atoms with Crippen LogP contribution in [0.15, 0.2) is 0 Å². The van der Waals surface area contributed by atoms with Crippen molar-refractivity contribution in [3.05, 3.63) is 0 Å². The number of ether oxygens (including phenoxy) is 1. The molecule has 0 bridgehead atoms. The van der Waals surface area contributed by atoms with Crippen molar-refractivity contribution in [1.29, 1.82) is 0 Å². The second-order valence-electron chi connectivity index (χ2n) is 3.79. The molecule has 0 amide bonds. The Morgan fingerprint density at radius 3 is 2.64 bits per heavy atom. The topological polar surface area (TPSA) is 64.3 Å². The minimum absolute atomic E-state index is 0.207. The van der Waals surface area contributed by atoms with E-state index in [4.69, 9.17) is 10.6 Å². The quantitative estimate of drug-likeness (QED) is 0.403. The number of carbonyl (C=O) groups excluding carboxylic acids is 1. The van der Waals surface area contributed by atoms with Gasteiger partial charge in [0.1, 0.15) is 6.04 Å². The molecular formula is C10H20N2O2. The molecule has 1 atom stereocenters. The van der Waals surface area contributed by atoms with Crippen molar-refractivity contribution in [1.82, 2.24) is 5.43 Å². The first-order chi connectivity index (χ1) is 6.79. The molecule has 82 valence electrons. The van der Waals surface area contributed by atoms with Gasteiger partial charge in [0, 0.05) is 0 Å². The monoisotopic (exact) mass is 200 g/mol. The number of carbonyl (C=O) groups is 1. The van der Waals surface area contributed by atoms with Crippen LogP contribution in [0.2, 0.25) is 0 Å². The SMILES string of the molecule is CCOC(=O)C(NN)C1CCCCC1. The van der Waals surface area contributed by atoms with E-state index in [-0.39, 0.29) is 12.0 Å². The fourth-order valence-corrected chi connectivity index (χ4v) is 2.10. The third-order valence-corrected chi connectivity index (χ3v) is 2.84. The Morgan fingerprint density at radius 2 is 2.14 bits per heavy atom. The first-order valence-corrected chi connectivity index (χ1v) is 5.42. The highest BCUT2D eigenvalue weighted by Gasteiger charge is 2.29. The standard InChI is InChI=1S/C10H20N2O2/c1-2-14-10(13)9(12-11)8-6-4-3-5-7-8/h8-9,12H,2-7,11H2,1H3. The number of nitrogens with two attached hydrogens (primary N) is 1. The van der Waals surface area contributed by atoms with Crippen LogP contribution in [0.1, 0.15) is 39.0 Å². The summed E-state index contributed by atoms with van der Waals surface area (Å²) in [6, 6.07) is -0.310. The Hall–Kier alpha value is -0.610. The predicted octanol–water partition coefficient (Wildman–Crippen LogP) is 0.962. The zero-order valence-corrected chi connectivity index (χ0v) is 8.79. The zero-order valence-electron chi connectivity index (χ0n) is 8.79. The van der Waals surface area contributed by atoms with Gasteiger partial charge >= 0.3 is 5.97 Å². The largest absolute Gasteiger partial charge is 0.465 e. The molecule has 0 aromatic carbocycles. The number of hydrogen-bond acceptors (Lipinski definition) is 4. The molecule has 1 aliphatic carbocycles. The smallest absolute Gasteiger partial charge is 0.324 e. The summed E-state index contributed by atoms with van der Waals surface area (Å²) in [5, 5.41) is 0. The van der Waals surface area contributed by atoms with E-state index in [9.17, 15) is 4.79 Å². The molecule has 0 aromatic rings. The molecule has 3 N–H and O–H groups in total. The molecule has 0 spiro atoms. The van der Waals surface area contributed by atoms with Crippen molar-refractivity contribution in [2.24, 2.45) is 11.8 Å². The minimum Gasteiger partial charge on any atom is -0.465 e. The lowest BCUT2D eigenvalue weighted by molar-refractivity contribution is -0.147. The second-order valence-corrected chi connectivity index (χ2v) is 3.79. The van der Waals surface area contributed by atoms with Crippen LogP contribution in [-0.2, 0) is 9.53 Å². The molecule has 0 aromatic heterocycles. The van der Waals surface area contributed by atoms with Crippen LogP contribution in [0.3, 0.4) is 0 Å². The van der Waals surface area contributed by atoms with Gasteiger partial charge in [-0.2, -0.15) is 0 Å². The van der Waals surface area contributed by atoms with Crippen LogP contribution in [0.4, 0.5) is 0 Å². The van der Waals surface area contributed by atoms with Crippen LogP contribution in [-0.4, -0.2) is 18.6 Å². The molecule has 1 fully saturated rings. The highest BCUT2D eigenvalue weighted by Crippen LogP contribution is 2.26. The molecule has 4 nitrogen and oxygen atoms in total. The van der Waals surface area contributed by atoms with Gasteiger partial charge in [-0.05, 0) is 25.7 Å². The normalized spacial score (nSPS) is 20.4. The van der Waals surface area contributed by atoms with E-state index in [1.54, 1.807) is 0 Å². The number of nitrogens with one attached hydrogen (secondary N) is 1. The number of esters is 1. The van der Waals surface area contributed by atoms with Crippen molar-refractivity contribution in [3.63, 3.8) is 0 Å². The molecule has 0 aliphatic heterocycles. The average molecular weight is 200 g/mol. The summed E-state index contributed by atoms with van der Waals surface area (Å²) in [5.74, 6) is 5.53. The summed E-state index contributed by atoms with van der Waals surface area (Å²) in [6.07, 6.45) is 5.82. The Kier molecular flexibility index (Phi) is 4.90. The van der Waals surface area contributed by atoms with Gasteiger partial charge in [-0.3, -0.25) is 10.6 Å². The summed E-state index contributed by atoms with van der Waals surface area (Å²) in [7, 11) is 0. The van der Waals surface area contributed by atoms with E-state index >= 15 is 0 Å². The van der Waals surface area contributed by atoms with Crippen LogP contribution < -0.4 is 11.3 Å². The lowest BCUT2D eigenvalue weighted by Crippen LogP contribution is -2.48. The Labute approximate surface area is 85.2 Å². The van der Waals surface area contributed by atoms with E-state index in [1.165, 1.54) is 19.3 Å². The van der Waals surface area contributed by atoms with Crippen LogP contribution in [0.25, 0.3) is 0 Å². The van der Waals surface area contributed by atoms with Gasteiger partial charge in [-0.1, -0.05) is 19.3 Å². The highest BCUT2D eigenvalue weighted by molar-refractivity contribution is 5.76. The lowest BCUT2D eigenvalue weighted by Gasteiger charge is -2.27. The molecule has 0 saturated heterocycles. The average Bonchev–Trinajstić information content (AvgIpc) is 2.21. The van der Waals surface area contributed by atoms with Crippen molar-refractivity contribution >= 4 is 5.97 Å². The van der Waals surface area contributed by atoms with Gasteiger partial charge in [-0.25, -0.2) is 5.43 Å². The van der Waals surface area contributed by atoms with E-state index in [0.29, 0.717) is 12.5 Å². The number of hydrazine groups is 1. The van der Waals surface area contributed by atoms with Gasteiger partial charge in [0.15, 0.2) is 0 Å². The maximum Gasteiger partial charge on any atom is 0.324 e.